The lowest BCUT2D eigenvalue weighted by atomic mass is 10.1. The van der Waals surface area contributed by atoms with E-state index in [9.17, 15) is 13.6 Å². The molecule has 0 bridgehead atoms. The summed E-state index contributed by atoms with van der Waals surface area (Å²) in [6, 6.07) is 6.37. The molecule has 2 aromatic rings. The van der Waals surface area contributed by atoms with Crippen molar-refractivity contribution >= 4 is 44.8 Å². The maximum Gasteiger partial charge on any atom is 0.261 e. The van der Waals surface area contributed by atoms with Gasteiger partial charge >= 0.3 is 0 Å². The second kappa shape index (κ2) is 5.76. The summed E-state index contributed by atoms with van der Waals surface area (Å²) in [5.41, 5.74) is 5.49. The van der Waals surface area contributed by atoms with Crippen LogP contribution in [0.25, 0.3) is 0 Å². The minimum Gasteiger partial charge on any atom is -0.398 e. The number of halogens is 4. The first-order valence-electron chi connectivity index (χ1n) is 5.39. The highest BCUT2D eigenvalue weighted by Gasteiger charge is 2.18. The molecule has 3 nitrogen and oxygen atoms in total. The Morgan fingerprint density at radius 1 is 1.20 bits per heavy atom. The van der Waals surface area contributed by atoms with Gasteiger partial charge in [0.25, 0.3) is 5.91 Å². The van der Waals surface area contributed by atoms with Crippen molar-refractivity contribution in [3.63, 3.8) is 0 Å². The summed E-state index contributed by atoms with van der Waals surface area (Å²) in [5.74, 6) is -2.83. The highest BCUT2D eigenvalue weighted by atomic mass is 79.9. The first-order chi connectivity index (χ1) is 9.38. The van der Waals surface area contributed by atoms with Gasteiger partial charge in [0.05, 0.1) is 10.7 Å². The van der Waals surface area contributed by atoms with Crippen LogP contribution in [-0.2, 0) is 0 Å². The fourth-order valence-corrected chi connectivity index (χ4v) is 2.14. The Morgan fingerprint density at radius 2 is 1.80 bits per heavy atom. The first kappa shape index (κ1) is 14.7. The van der Waals surface area contributed by atoms with Crippen LogP contribution in [0.1, 0.15) is 10.4 Å². The van der Waals surface area contributed by atoms with Gasteiger partial charge in [-0.3, -0.25) is 4.79 Å². The first-order valence-corrected chi connectivity index (χ1v) is 6.56. The van der Waals surface area contributed by atoms with Crippen molar-refractivity contribution < 1.29 is 13.6 Å². The van der Waals surface area contributed by atoms with Crippen LogP contribution in [0.4, 0.5) is 20.2 Å². The van der Waals surface area contributed by atoms with E-state index in [1.165, 1.54) is 18.2 Å². The lowest BCUT2D eigenvalue weighted by Gasteiger charge is -2.08. The predicted octanol–water partition coefficient (Wildman–Crippen LogP) is 4.22. The lowest BCUT2D eigenvalue weighted by molar-refractivity contribution is 0.101. The predicted molar refractivity (Wildman–Crippen MR) is 77.9 cm³/mol. The SMILES string of the molecule is Nc1ccc(NC(=O)c2c(F)cc(Br)cc2F)cc1Cl. The van der Waals surface area contributed by atoms with E-state index in [2.05, 4.69) is 21.2 Å². The van der Waals surface area contributed by atoms with E-state index in [0.29, 0.717) is 5.69 Å². The number of hydrogen-bond acceptors (Lipinski definition) is 2. The van der Waals surface area contributed by atoms with E-state index in [4.69, 9.17) is 17.3 Å². The molecular weight excluding hydrogens is 354 g/mol. The largest absolute Gasteiger partial charge is 0.398 e. The molecule has 0 unspecified atom stereocenters. The number of rotatable bonds is 2. The minimum atomic E-state index is -0.962. The molecule has 0 heterocycles. The molecule has 104 valence electrons. The van der Waals surface area contributed by atoms with Gasteiger partial charge in [-0.2, -0.15) is 0 Å². The van der Waals surface area contributed by atoms with Crippen LogP contribution in [0.15, 0.2) is 34.8 Å². The second-order valence-corrected chi connectivity index (χ2v) is 5.26. The van der Waals surface area contributed by atoms with Gasteiger partial charge in [-0.25, -0.2) is 8.78 Å². The zero-order valence-electron chi connectivity index (χ0n) is 9.88. The van der Waals surface area contributed by atoms with Crippen molar-refractivity contribution in [1.82, 2.24) is 0 Å². The fourth-order valence-electron chi connectivity index (χ4n) is 1.56. The zero-order valence-corrected chi connectivity index (χ0v) is 12.2. The summed E-state index contributed by atoms with van der Waals surface area (Å²) in [4.78, 5) is 11.9. The molecule has 0 aliphatic heterocycles. The van der Waals surface area contributed by atoms with Crippen molar-refractivity contribution in [2.45, 2.75) is 0 Å². The van der Waals surface area contributed by atoms with Crippen LogP contribution in [0, 0.1) is 11.6 Å². The number of carbonyl (C=O) groups excluding carboxylic acids is 1. The average molecular weight is 362 g/mol. The minimum absolute atomic E-state index is 0.208. The maximum absolute atomic E-state index is 13.6. The fraction of sp³-hybridized carbons (Fsp3) is 0. The number of carbonyl (C=O) groups is 1. The third-order valence-corrected chi connectivity index (χ3v) is 3.28. The Balaban J connectivity index is 2.31. The van der Waals surface area contributed by atoms with Crippen molar-refractivity contribution in [1.29, 1.82) is 0 Å². The second-order valence-electron chi connectivity index (χ2n) is 3.93. The zero-order chi connectivity index (χ0) is 14.9. The summed E-state index contributed by atoms with van der Waals surface area (Å²) in [6.45, 7) is 0. The molecule has 0 radical (unpaired) electrons. The summed E-state index contributed by atoms with van der Waals surface area (Å²) in [5, 5.41) is 2.59. The molecular formula is C13H8BrClF2N2O. The normalized spacial score (nSPS) is 10.4. The van der Waals surface area contributed by atoms with Gasteiger partial charge in [0.1, 0.15) is 17.2 Å². The molecule has 0 saturated carbocycles. The molecule has 0 aromatic heterocycles. The molecule has 0 spiro atoms. The van der Waals surface area contributed by atoms with Crippen LogP contribution in [0.2, 0.25) is 5.02 Å². The molecule has 2 aromatic carbocycles. The smallest absolute Gasteiger partial charge is 0.261 e. The van der Waals surface area contributed by atoms with Crippen LogP contribution in [0.5, 0.6) is 0 Å². The Morgan fingerprint density at radius 3 is 2.35 bits per heavy atom. The van der Waals surface area contributed by atoms with Gasteiger partial charge in [0.2, 0.25) is 0 Å². The van der Waals surface area contributed by atoms with Crippen molar-refractivity contribution in [2.75, 3.05) is 11.1 Å². The van der Waals surface area contributed by atoms with Crippen molar-refractivity contribution in [2.24, 2.45) is 0 Å². The Kier molecular flexibility index (Phi) is 4.25. The summed E-state index contributed by atoms with van der Waals surface area (Å²) in [6.07, 6.45) is 0. The molecule has 0 fully saturated rings. The van der Waals surface area contributed by atoms with E-state index in [-0.39, 0.29) is 15.2 Å². The molecule has 0 atom stereocenters. The number of nitrogens with two attached hydrogens (primary N) is 1. The molecule has 3 N–H and O–H groups in total. The van der Waals surface area contributed by atoms with E-state index in [0.717, 1.165) is 12.1 Å². The van der Waals surface area contributed by atoms with Gasteiger partial charge in [0.15, 0.2) is 0 Å². The van der Waals surface area contributed by atoms with Gasteiger partial charge < -0.3 is 11.1 Å². The summed E-state index contributed by atoms with van der Waals surface area (Å²) >= 11 is 8.73. The van der Waals surface area contributed by atoms with Crippen molar-refractivity contribution in [3.8, 4) is 0 Å². The molecule has 0 saturated heterocycles. The Bertz CT molecular complexity index is 671. The molecule has 0 aliphatic rings. The standard InChI is InChI=1S/C13H8BrClF2N2O/c14-6-3-9(16)12(10(17)4-6)13(20)19-7-1-2-11(18)8(15)5-7/h1-5H,18H2,(H,19,20). The highest BCUT2D eigenvalue weighted by Crippen LogP contribution is 2.24. The summed E-state index contributed by atoms with van der Waals surface area (Å²) < 4.78 is 27.5. The third-order valence-electron chi connectivity index (χ3n) is 2.49. The van der Waals surface area contributed by atoms with Crippen LogP contribution < -0.4 is 11.1 Å². The number of benzene rings is 2. The third kappa shape index (κ3) is 3.08. The van der Waals surface area contributed by atoms with E-state index in [1.807, 2.05) is 0 Å². The molecule has 0 aliphatic carbocycles. The van der Waals surface area contributed by atoms with Crippen LogP contribution in [-0.4, -0.2) is 5.91 Å². The quantitative estimate of drug-likeness (QED) is 0.787. The Labute approximate surface area is 126 Å². The van der Waals surface area contributed by atoms with Crippen LogP contribution in [0.3, 0.4) is 0 Å². The topological polar surface area (TPSA) is 55.1 Å². The van der Waals surface area contributed by atoms with Crippen molar-refractivity contribution in [3.05, 3.63) is 57.0 Å². The van der Waals surface area contributed by atoms with E-state index < -0.39 is 23.1 Å². The van der Waals surface area contributed by atoms with E-state index >= 15 is 0 Å². The highest BCUT2D eigenvalue weighted by molar-refractivity contribution is 9.10. The molecule has 20 heavy (non-hydrogen) atoms. The monoisotopic (exact) mass is 360 g/mol. The number of nitrogens with one attached hydrogen (secondary N) is 1. The maximum atomic E-state index is 13.6. The number of anilines is 2. The summed E-state index contributed by atoms with van der Waals surface area (Å²) in [7, 11) is 0. The van der Waals surface area contributed by atoms with Gasteiger partial charge in [-0.05, 0) is 30.3 Å². The number of nitrogen functional groups attached to an aromatic ring is 1. The molecule has 1 amide bonds. The molecule has 7 heteroatoms. The van der Waals surface area contributed by atoms with Gasteiger partial charge in [0, 0.05) is 10.2 Å². The number of hydrogen-bond donors (Lipinski definition) is 2. The number of amides is 1. The lowest BCUT2D eigenvalue weighted by Crippen LogP contribution is -2.16. The Hall–Kier alpha value is -1.66. The van der Waals surface area contributed by atoms with Gasteiger partial charge in [-0.15, -0.1) is 0 Å². The average Bonchev–Trinajstić information content (AvgIpc) is 2.32. The van der Waals surface area contributed by atoms with Crippen LogP contribution >= 0.6 is 27.5 Å². The van der Waals surface area contributed by atoms with Gasteiger partial charge in [-0.1, -0.05) is 27.5 Å². The van der Waals surface area contributed by atoms with E-state index in [1.54, 1.807) is 0 Å². The molecule has 2 rings (SSSR count).